The predicted molar refractivity (Wildman–Crippen MR) is 131 cm³/mol. The molecule has 3 fully saturated rings. The first kappa shape index (κ1) is 21.9. The molecule has 2 aliphatic heterocycles. The Bertz CT molecular complexity index is 875. The van der Waals surface area contributed by atoms with Gasteiger partial charge in [-0.1, -0.05) is 25.3 Å². The number of ether oxygens (including phenoxy) is 1. The highest BCUT2D eigenvalue weighted by atomic mass is 32.1. The average molecular weight is 454 g/mol. The first-order valence-electron chi connectivity index (χ1n) is 12.2. The van der Waals surface area contributed by atoms with Crippen molar-refractivity contribution in [2.45, 2.75) is 56.7 Å². The zero-order valence-corrected chi connectivity index (χ0v) is 19.7. The Labute approximate surface area is 196 Å². The molecule has 3 aliphatic rings. The van der Waals surface area contributed by atoms with E-state index in [0.29, 0.717) is 6.04 Å². The van der Waals surface area contributed by atoms with Crippen molar-refractivity contribution in [3.05, 3.63) is 54.1 Å². The van der Waals surface area contributed by atoms with Crippen LogP contribution in [0, 0.1) is 0 Å². The molecular weight excluding hydrogens is 418 g/mol. The fraction of sp³-hybridized carbons (Fsp3) is 0.600. The van der Waals surface area contributed by atoms with Crippen LogP contribution in [-0.2, 0) is 4.74 Å². The van der Waals surface area contributed by atoms with Gasteiger partial charge < -0.3 is 19.5 Å². The van der Waals surface area contributed by atoms with E-state index in [1.165, 1.54) is 37.7 Å². The molecule has 2 aromatic heterocycles. The summed E-state index contributed by atoms with van der Waals surface area (Å²) in [6.45, 7) is 5.81. The maximum Gasteiger partial charge on any atom is 0.170 e. The monoisotopic (exact) mass is 453 g/mol. The van der Waals surface area contributed by atoms with E-state index in [1.807, 2.05) is 12.3 Å². The Hall–Kier alpha value is -1.96. The van der Waals surface area contributed by atoms with Crippen molar-refractivity contribution >= 4 is 17.3 Å². The molecule has 6 nitrogen and oxygen atoms in total. The van der Waals surface area contributed by atoms with Gasteiger partial charge in [0.15, 0.2) is 5.11 Å². The summed E-state index contributed by atoms with van der Waals surface area (Å²) in [6, 6.07) is 9.36. The summed E-state index contributed by atoms with van der Waals surface area (Å²) in [7, 11) is 0. The van der Waals surface area contributed by atoms with Gasteiger partial charge in [0, 0.05) is 50.8 Å². The van der Waals surface area contributed by atoms with Crippen LogP contribution in [0.1, 0.15) is 67.9 Å². The van der Waals surface area contributed by atoms with Crippen LogP contribution in [0.25, 0.3) is 0 Å². The Kier molecular flexibility index (Phi) is 7.05. The Balaban J connectivity index is 1.35. The number of nitrogens with zero attached hydrogens (tertiary/aromatic N) is 4. The van der Waals surface area contributed by atoms with Crippen LogP contribution < -0.4 is 5.32 Å². The highest BCUT2D eigenvalue weighted by Gasteiger charge is 2.40. The molecule has 4 heterocycles. The molecule has 32 heavy (non-hydrogen) atoms. The van der Waals surface area contributed by atoms with Gasteiger partial charge in [-0.15, -0.1) is 0 Å². The summed E-state index contributed by atoms with van der Waals surface area (Å²) in [5.74, 6) is 0. The van der Waals surface area contributed by atoms with Gasteiger partial charge in [-0.25, -0.2) is 0 Å². The quantitative estimate of drug-likeness (QED) is 0.638. The molecule has 1 aliphatic carbocycles. The highest BCUT2D eigenvalue weighted by Crippen LogP contribution is 2.39. The summed E-state index contributed by atoms with van der Waals surface area (Å²) in [5.41, 5.74) is 2.39. The molecule has 0 amide bonds. The van der Waals surface area contributed by atoms with Crippen LogP contribution in [0.3, 0.4) is 0 Å². The van der Waals surface area contributed by atoms with Crippen molar-refractivity contribution in [1.82, 2.24) is 24.7 Å². The number of pyridine rings is 1. The third-order valence-electron chi connectivity index (χ3n) is 7.25. The summed E-state index contributed by atoms with van der Waals surface area (Å²) in [5, 5.41) is 4.44. The van der Waals surface area contributed by atoms with E-state index in [2.05, 4.69) is 55.3 Å². The van der Waals surface area contributed by atoms with Gasteiger partial charge in [0.1, 0.15) is 0 Å². The lowest BCUT2D eigenvalue weighted by Gasteiger charge is -2.30. The van der Waals surface area contributed by atoms with Crippen molar-refractivity contribution in [1.29, 1.82) is 0 Å². The molecule has 2 aromatic rings. The summed E-state index contributed by atoms with van der Waals surface area (Å²) in [4.78, 5) is 9.58. The molecule has 2 atom stereocenters. The molecule has 0 bridgehead atoms. The second-order valence-electron chi connectivity index (χ2n) is 9.31. The molecule has 0 unspecified atom stereocenters. The maximum atomic E-state index is 5.84. The van der Waals surface area contributed by atoms with E-state index < -0.39 is 0 Å². The third-order valence-corrected chi connectivity index (χ3v) is 7.60. The van der Waals surface area contributed by atoms with E-state index in [4.69, 9.17) is 17.0 Å². The minimum absolute atomic E-state index is 0.0780. The van der Waals surface area contributed by atoms with Crippen molar-refractivity contribution in [2.24, 2.45) is 0 Å². The fourth-order valence-electron chi connectivity index (χ4n) is 5.51. The molecular formula is C25H35N5OS. The van der Waals surface area contributed by atoms with E-state index in [1.54, 1.807) is 0 Å². The zero-order chi connectivity index (χ0) is 21.8. The average Bonchev–Trinajstić information content (AvgIpc) is 3.46. The normalized spacial score (nSPS) is 25.2. The molecule has 0 radical (unpaired) electrons. The molecule has 0 aromatic carbocycles. The molecule has 5 rings (SSSR count). The van der Waals surface area contributed by atoms with Gasteiger partial charge in [-0.2, -0.15) is 0 Å². The van der Waals surface area contributed by atoms with E-state index in [9.17, 15) is 0 Å². The number of nitrogens with one attached hydrogen (secondary N) is 1. The van der Waals surface area contributed by atoms with E-state index >= 15 is 0 Å². The fourth-order valence-corrected chi connectivity index (χ4v) is 5.84. The SMILES string of the molecule is S=C1N[C@H](c2ccccn2)[C@H](c2ccn(C3CCCCC3)c2)N1CCCN1CCOCC1. The Morgan fingerprint density at radius 3 is 2.69 bits per heavy atom. The minimum Gasteiger partial charge on any atom is -0.379 e. The van der Waals surface area contributed by atoms with Gasteiger partial charge in [0.25, 0.3) is 0 Å². The topological polar surface area (TPSA) is 45.6 Å². The summed E-state index contributed by atoms with van der Waals surface area (Å²) in [6.07, 6.45) is 14.3. The number of hydrogen-bond donors (Lipinski definition) is 1. The van der Waals surface area contributed by atoms with Crippen molar-refractivity contribution in [3.63, 3.8) is 0 Å². The van der Waals surface area contributed by atoms with Gasteiger partial charge in [-0.05, 0) is 55.2 Å². The lowest BCUT2D eigenvalue weighted by atomic mass is 9.95. The van der Waals surface area contributed by atoms with Gasteiger partial charge in [-0.3, -0.25) is 9.88 Å². The van der Waals surface area contributed by atoms with E-state index in [0.717, 1.165) is 56.6 Å². The standard InChI is InChI=1S/C25H35N5OS/c32-25-27-23(22-9-4-5-11-26-22)24(30(25)13-6-12-28-15-17-31-18-16-28)20-10-14-29(19-20)21-7-2-1-3-8-21/h4-5,9-11,14,19,21,23-24H,1-3,6-8,12-13,15-18H2,(H,27,32)/t23-,24+/m1/s1. The number of thiocarbonyl (C=S) groups is 1. The zero-order valence-electron chi connectivity index (χ0n) is 18.9. The molecule has 7 heteroatoms. The maximum absolute atomic E-state index is 5.84. The lowest BCUT2D eigenvalue weighted by Crippen LogP contribution is -2.38. The van der Waals surface area contributed by atoms with Gasteiger partial charge in [0.2, 0.25) is 0 Å². The third kappa shape index (κ3) is 4.85. The van der Waals surface area contributed by atoms with Crippen molar-refractivity contribution in [3.8, 4) is 0 Å². The predicted octanol–water partition coefficient (Wildman–Crippen LogP) is 4.08. The molecule has 172 valence electrons. The first-order valence-corrected chi connectivity index (χ1v) is 12.7. The van der Waals surface area contributed by atoms with Crippen LogP contribution in [0.5, 0.6) is 0 Å². The minimum atomic E-state index is 0.0780. The van der Waals surface area contributed by atoms with Crippen LogP contribution in [0.4, 0.5) is 0 Å². The van der Waals surface area contributed by atoms with Gasteiger partial charge in [0.05, 0.1) is 31.0 Å². The second kappa shape index (κ2) is 10.3. The summed E-state index contributed by atoms with van der Waals surface area (Å²) >= 11 is 5.84. The second-order valence-corrected chi connectivity index (χ2v) is 9.70. The van der Waals surface area contributed by atoms with Gasteiger partial charge >= 0.3 is 0 Å². The molecule has 1 N–H and O–H groups in total. The van der Waals surface area contributed by atoms with Crippen LogP contribution in [0.15, 0.2) is 42.9 Å². The number of rotatable bonds is 7. The number of hydrogen-bond acceptors (Lipinski definition) is 4. The van der Waals surface area contributed by atoms with Crippen LogP contribution >= 0.6 is 12.2 Å². The highest BCUT2D eigenvalue weighted by molar-refractivity contribution is 7.80. The number of aromatic nitrogens is 2. The van der Waals surface area contributed by atoms with E-state index in [-0.39, 0.29) is 12.1 Å². The van der Waals surface area contributed by atoms with Crippen molar-refractivity contribution in [2.75, 3.05) is 39.4 Å². The smallest absolute Gasteiger partial charge is 0.170 e. The van der Waals surface area contributed by atoms with Crippen molar-refractivity contribution < 1.29 is 4.74 Å². The molecule has 2 saturated heterocycles. The Morgan fingerprint density at radius 2 is 1.91 bits per heavy atom. The molecule has 0 spiro atoms. The number of morpholine rings is 1. The lowest BCUT2D eigenvalue weighted by molar-refractivity contribution is 0.0365. The van der Waals surface area contributed by atoms with Crippen LogP contribution in [0.2, 0.25) is 0 Å². The largest absolute Gasteiger partial charge is 0.379 e. The van der Waals surface area contributed by atoms with Crippen LogP contribution in [-0.4, -0.2) is 63.9 Å². The summed E-state index contributed by atoms with van der Waals surface area (Å²) < 4.78 is 7.95. The Morgan fingerprint density at radius 1 is 1.06 bits per heavy atom. The molecule has 1 saturated carbocycles. The first-order chi connectivity index (χ1) is 15.8.